The Morgan fingerprint density at radius 3 is 1.61 bits per heavy atom. The van der Waals surface area contributed by atoms with Crippen molar-refractivity contribution in [2.45, 2.75) is 5.41 Å². The second-order valence-electron chi connectivity index (χ2n) is 17.2. The Morgan fingerprint density at radius 1 is 0.359 bits per heavy atom. The van der Waals surface area contributed by atoms with Gasteiger partial charge in [0.1, 0.15) is 0 Å². The van der Waals surface area contributed by atoms with Crippen molar-refractivity contribution in [1.82, 2.24) is 4.57 Å². The SMILES string of the molecule is c1ccc(-c2ccc(N(c3ccc4c(c3)C3(c5ccccc5-c5ccccc53)c3ccccc3-4)c3ccc4sc5c(ccc6c5c5ccccc5n6-c5ccccc5)c4c3)cc2)cc1. The average molecular weight is 831 g/mol. The summed E-state index contributed by atoms with van der Waals surface area (Å²) < 4.78 is 5.02. The average Bonchev–Trinajstić information content (AvgIpc) is 4.08. The van der Waals surface area contributed by atoms with Crippen LogP contribution in [0.3, 0.4) is 0 Å². The highest BCUT2D eigenvalue weighted by molar-refractivity contribution is 7.26. The van der Waals surface area contributed by atoms with Crippen LogP contribution in [0.25, 0.3) is 81.0 Å². The maximum absolute atomic E-state index is 2.50. The Morgan fingerprint density at radius 2 is 0.906 bits per heavy atom. The van der Waals surface area contributed by atoms with Crippen LogP contribution >= 0.6 is 11.3 Å². The zero-order chi connectivity index (χ0) is 41.9. The van der Waals surface area contributed by atoms with Gasteiger partial charge >= 0.3 is 0 Å². The molecule has 0 amide bonds. The van der Waals surface area contributed by atoms with Crippen LogP contribution in [0.2, 0.25) is 0 Å². The van der Waals surface area contributed by atoms with Gasteiger partial charge in [0.15, 0.2) is 0 Å². The topological polar surface area (TPSA) is 8.17 Å². The molecule has 0 saturated carbocycles. The molecule has 0 aliphatic heterocycles. The first kappa shape index (κ1) is 35.6. The van der Waals surface area contributed by atoms with Crippen molar-refractivity contribution in [2.24, 2.45) is 0 Å². The lowest BCUT2D eigenvalue weighted by Crippen LogP contribution is -2.26. The zero-order valence-corrected chi connectivity index (χ0v) is 35.6. The number of hydrogen-bond acceptors (Lipinski definition) is 2. The summed E-state index contributed by atoms with van der Waals surface area (Å²) in [5.74, 6) is 0. The molecule has 1 spiro atoms. The van der Waals surface area contributed by atoms with Gasteiger partial charge in [-0.25, -0.2) is 0 Å². The second kappa shape index (κ2) is 13.5. The molecular weight excluding hydrogens is 793 g/mol. The van der Waals surface area contributed by atoms with Crippen LogP contribution < -0.4 is 4.90 Å². The number of para-hydroxylation sites is 2. The maximum Gasteiger partial charge on any atom is 0.0726 e. The Hall–Kier alpha value is -7.98. The summed E-state index contributed by atoms with van der Waals surface area (Å²) in [5.41, 5.74) is 19.6. The third-order valence-corrected chi connectivity index (χ3v) is 15.2. The molecule has 298 valence electrons. The zero-order valence-electron chi connectivity index (χ0n) is 34.7. The first-order chi connectivity index (χ1) is 31.8. The minimum absolute atomic E-state index is 0.435. The van der Waals surface area contributed by atoms with E-state index < -0.39 is 5.41 Å². The van der Waals surface area contributed by atoms with Crippen molar-refractivity contribution in [3.8, 4) is 39.1 Å². The van der Waals surface area contributed by atoms with Gasteiger partial charge in [-0.3, -0.25) is 0 Å². The van der Waals surface area contributed by atoms with Crippen LogP contribution in [0, 0.1) is 0 Å². The normalized spacial score (nSPS) is 13.1. The number of aromatic nitrogens is 1. The lowest BCUT2D eigenvalue weighted by molar-refractivity contribution is 0.793. The van der Waals surface area contributed by atoms with Crippen molar-refractivity contribution in [2.75, 3.05) is 4.90 Å². The predicted octanol–water partition coefficient (Wildman–Crippen LogP) is 16.6. The number of fused-ring (bicyclic) bond motifs is 17. The highest BCUT2D eigenvalue weighted by Gasteiger charge is 2.51. The number of nitrogens with zero attached hydrogens (tertiary/aromatic N) is 2. The van der Waals surface area contributed by atoms with Crippen LogP contribution in [0.1, 0.15) is 22.3 Å². The fourth-order valence-electron chi connectivity index (χ4n) is 11.4. The quantitative estimate of drug-likeness (QED) is 0.168. The first-order valence-electron chi connectivity index (χ1n) is 22.1. The molecule has 2 nitrogen and oxygen atoms in total. The largest absolute Gasteiger partial charge is 0.310 e. The van der Waals surface area contributed by atoms with Crippen molar-refractivity contribution < 1.29 is 0 Å². The van der Waals surface area contributed by atoms with Gasteiger partial charge in [0.05, 0.1) is 16.4 Å². The van der Waals surface area contributed by atoms with Crippen molar-refractivity contribution in [3.63, 3.8) is 0 Å². The van der Waals surface area contributed by atoms with E-state index in [1.165, 1.54) is 103 Å². The Bertz CT molecular complexity index is 3780. The van der Waals surface area contributed by atoms with Gasteiger partial charge in [0.25, 0.3) is 0 Å². The fourth-order valence-corrected chi connectivity index (χ4v) is 12.6. The van der Waals surface area contributed by atoms with E-state index in [4.69, 9.17) is 0 Å². The van der Waals surface area contributed by atoms with E-state index in [1.807, 2.05) is 11.3 Å². The summed E-state index contributed by atoms with van der Waals surface area (Å²) in [5, 5.41) is 5.15. The van der Waals surface area contributed by atoms with Crippen molar-refractivity contribution in [1.29, 1.82) is 0 Å². The van der Waals surface area contributed by atoms with Gasteiger partial charge in [-0.2, -0.15) is 0 Å². The highest BCUT2D eigenvalue weighted by Crippen LogP contribution is 2.63. The van der Waals surface area contributed by atoms with Gasteiger partial charge in [-0.1, -0.05) is 164 Å². The minimum Gasteiger partial charge on any atom is -0.310 e. The van der Waals surface area contributed by atoms with E-state index in [2.05, 4.69) is 240 Å². The summed E-state index contributed by atoms with van der Waals surface area (Å²) in [6.45, 7) is 0. The maximum atomic E-state index is 2.50. The molecule has 0 unspecified atom stereocenters. The van der Waals surface area contributed by atoms with Crippen molar-refractivity contribution >= 4 is 70.4 Å². The molecule has 14 rings (SSSR count). The van der Waals surface area contributed by atoms with E-state index in [9.17, 15) is 0 Å². The summed E-state index contributed by atoms with van der Waals surface area (Å²) in [6.07, 6.45) is 0. The number of hydrogen-bond donors (Lipinski definition) is 0. The Balaban J connectivity index is 1.00. The molecular formula is C61H38N2S. The van der Waals surface area contributed by atoms with Crippen LogP contribution in [0.4, 0.5) is 17.1 Å². The van der Waals surface area contributed by atoms with E-state index >= 15 is 0 Å². The minimum atomic E-state index is -0.435. The first-order valence-corrected chi connectivity index (χ1v) is 22.9. The van der Waals surface area contributed by atoms with Gasteiger partial charge in [-0.05, 0) is 122 Å². The number of benzene rings is 10. The molecule has 0 atom stereocenters. The molecule has 0 N–H and O–H groups in total. The third kappa shape index (κ3) is 4.85. The lowest BCUT2D eigenvalue weighted by Gasteiger charge is -2.32. The van der Waals surface area contributed by atoms with Gasteiger partial charge in [-0.15, -0.1) is 11.3 Å². The van der Waals surface area contributed by atoms with Crippen LogP contribution in [0.5, 0.6) is 0 Å². The number of thiophene rings is 1. The second-order valence-corrected chi connectivity index (χ2v) is 18.2. The van der Waals surface area contributed by atoms with E-state index in [-0.39, 0.29) is 0 Å². The molecule has 0 saturated heterocycles. The summed E-state index contributed by atoms with van der Waals surface area (Å²) >= 11 is 1.90. The summed E-state index contributed by atoms with van der Waals surface area (Å²) in [4.78, 5) is 2.47. The van der Waals surface area contributed by atoms with Crippen LogP contribution in [0.15, 0.2) is 231 Å². The smallest absolute Gasteiger partial charge is 0.0726 e. The summed E-state index contributed by atoms with van der Waals surface area (Å²) in [7, 11) is 0. The molecule has 2 aromatic heterocycles. The van der Waals surface area contributed by atoms with E-state index in [0.717, 1.165) is 17.1 Å². The summed E-state index contributed by atoms with van der Waals surface area (Å²) in [6, 6.07) is 85.6. The number of rotatable bonds is 5. The molecule has 2 aliphatic carbocycles. The Kier molecular flexibility index (Phi) is 7.51. The Labute approximate surface area is 375 Å². The molecule has 12 aromatic rings. The van der Waals surface area contributed by atoms with E-state index in [1.54, 1.807) is 0 Å². The third-order valence-electron chi connectivity index (χ3n) is 14.0. The van der Waals surface area contributed by atoms with E-state index in [0.29, 0.717) is 0 Å². The molecule has 10 aromatic carbocycles. The molecule has 0 radical (unpaired) electrons. The highest BCUT2D eigenvalue weighted by atomic mass is 32.1. The van der Waals surface area contributed by atoms with Crippen LogP contribution in [-0.4, -0.2) is 4.57 Å². The molecule has 0 fully saturated rings. The molecule has 2 heterocycles. The van der Waals surface area contributed by atoms with Crippen LogP contribution in [-0.2, 0) is 5.41 Å². The van der Waals surface area contributed by atoms with Crippen molar-refractivity contribution in [3.05, 3.63) is 253 Å². The monoisotopic (exact) mass is 830 g/mol. The number of anilines is 3. The van der Waals surface area contributed by atoms with Gasteiger partial charge < -0.3 is 9.47 Å². The molecule has 64 heavy (non-hydrogen) atoms. The van der Waals surface area contributed by atoms with Gasteiger partial charge in [0, 0.05) is 53.7 Å². The standard InChI is InChI=1S/C61H38N2S/c1-3-15-39(16-4-1)40-27-29-42(30-28-40)62(44-31-33-48-47-21-9-13-25-54(47)61(55(48)38-44)52-23-11-7-19-45(52)46-20-8-12-24-53(46)61)43-32-36-58-51(37-43)49-34-35-57-59(60(49)64-58)50-22-10-14-26-56(50)63(57)41-17-5-2-6-18-41/h1-38H. The molecule has 0 bridgehead atoms. The molecule has 3 heteroatoms. The molecule has 2 aliphatic rings. The van der Waals surface area contributed by atoms with Gasteiger partial charge in [0.2, 0.25) is 0 Å². The predicted molar refractivity (Wildman–Crippen MR) is 270 cm³/mol. The lowest BCUT2D eigenvalue weighted by atomic mass is 9.70. The fraction of sp³-hybridized carbons (Fsp3) is 0.0164.